The Hall–Kier alpha value is -2.70. The Kier molecular flexibility index (Phi) is 5.24. The molecule has 0 atom stereocenters. The summed E-state index contributed by atoms with van der Waals surface area (Å²) in [5, 5.41) is 14.1. The molecule has 0 fully saturated rings. The van der Waals surface area contributed by atoms with E-state index in [-0.39, 0.29) is 5.97 Å². The van der Waals surface area contributed by atoms with Crippen LogP contribution in [0.4, 0.5) is 17.5 Å². The van der Waals surface area contributed by atoms with Crippen molar-refractivity contribution in [3.8, 4) is 0 Å². The molecule has 0 bridgehead atoms. The fourth-order valence-electron chi connectivity index (χ4n) is 1.69. The van der Waals surface area contributed by atoms with Crippen LogP contribution in [0.3, 0.4) is 0 Å². The minimum Gasteiger partial charge on any atom is -0.465 e. The molecule has 0 radical (unpaired) electrons. The molecule has 116 valence electrons. The number of benzene rings is 1. The molecule has 2 aromatic rings. The number of carbonyl (C=O) groups is 1. The third-order valence-corrected chi connectivity index (χ3v) is 2.81. The van der Waals surface area contributed by atoms with Gasteiger partial charge in [0.1, 0.15) is 0 Å². The van der Waals surface area contributed by atoms with Crippen LogP contribution in [0.15, 0.2) is 30.5 Å². The molecule has 7 nitrogen and oxygen atoms in total. The van der Waals surface area contributed by atoms with Gasteiger partial charge in [0.15, 0.2) is 5.82 Å². The monoisotopic (exact) mass is 301 g/mol. The summed E-state index contributed by atoms with van der Waals surface area (Å²) in [5.74, 6) is 1.18. The number of anilines is 3. The maximum absolute atomic E-state index is 11.4. The summed E-state index contributed by atoms with van der Waals surface area (Å²) < 4.78 is 4.66. The fraction of sp³-hybridized carbons (Fsp3) is 0.333. The van der Waals surface area contributed by atoms with E-state index in [1.165, 1.54) is 13.3 Å². The highest BCUT2D eigenvalue weighted by molar-refractivity contribution is 5.89. The Morgan fingerprint density at radius 2 is 2.00 bits per heavy atom. The number of carbonyl (C=O) groups excluding carboxylic acids is 1. The van der Waals surface area contributed by atoms with E-state index in [4.69, 9.17) is 0 Å². The summed E-state index contributed by atoms with van der Waals surface area (Å²) in [6, 6.07) is 6.91. The number of methoxy groups -OCH3 is 1. The maximum atomic E-state index is 11.4. The molecular formula is C15H19N5O2. The first-order valence-electron chi connectivity index (χ1n) is 6.97. The third-order valence-electron chi connectivity index (χ3n) is 2.81. The van der Waals surface area contributed by atoms with Crippen molar-refractivity contribution in [1.82, 2.24) is 15.2 Å². The molecule has 0 saturated heterocycles. The highest BCUT2D eigenvalue weighted by Crippen LogP contribution is 2.15. The van der Waals surface area contributed by atoms with Gasteiger partial charge >= 0.3 is 5.97 Å². The number of nitrogens with one attached hydrogen (secondary N) is 2. The zero-order valence-electron chi connectivity index (χ0n) is 12.8. The van der Waals surface area contributed by atoms with Crippen molar-refractivity contribution in [2.45, 2.75) is 13.8 Å². The summed E-state index contributed by atoms with van der Waals surface area (Å²) in [7, 11) is 1.35. The van der Waals surface area contributed by atoms with Gasteiger partial charge in [-0.2, -0.15) is 10.1 Å². The van der Waals surface area contributed by atoms with E-state index in [0.29, 0.717) is 23.2 Å². The molecule has 2 N–H and O–H groups in total. The van der Waals surface area contributed by atoms with Gasteiger partial charge in [-0.15, -0.1) is 5.10 Å². The van der Waals surface area contributed by atoms with E-state index < -0.39 is 0 Å². The second-order valence-corrected chi connectivity index (χ2v) is 5.13. The topological polar surface area (TPSA) is 89.0 Å². The van der Waals surface area contributed by atoms with Crippen LogP contribution in [-0.2, 0) is 4.74 Å². The number of nitrogens with zero attached hydrogens (tertiary/aromatic N) is 3. The van der Waals surface area contributed by atoms with Gasteiger partial charge in [-0.05, 0) is 30.2 Å². The van der Waals surface area contributed by atoms with Crippen LogP contribution in [0, 0.1) is 5.92 Å². The third kappa shape index (κ3) is 4.41. The van der Waals surface area contributed by atoms with E-state index in [1.54, 1.807) is 24.3 Å². The van der Waals surface area contributed by atoms with Crippen molar-refractivity contribution in [1.29, 1.82) is 0 Å². The molecule has 0 spiro atoms. The number of ether oxygens (including phenoxy) is 1. The zero-order valence-corrected chi connectivity index (χ0v) is 12.8. The standard InChI is InChI=1S/C15H19N5O2/c1-10(2)8-16-15-19-13(9-17-20-15)18-12-6-4-11(5-7-12)14(21)22-3/h4-7,9-10H,8H2,1-3H3,(H2,16,18,19,20). The summed E-state index contributed by atoms with van der Waals surface area (Å²) in [6.07, 6.45) is 1.54. The summed E-state index contributed by atoms with van der Waals surface area (Å²) in [6.45, 7) is 4.98. The van der Waals surface area contributed by atoms with Crippen LogP contribution in [0.1, 0.15) is 24.2 Å². The van der Waals surface area contributed by atoms with E-state index in [0.717, 1.165) is 12.2 Å². The fourth-order valence-corrected chi connectivity index (χ4v) is 1.69. The van der Waals surface area contributed by atoms with Gasteiger partial charge < -0.3 is 15.4 Å². The van der Waals surface area contributed by atoms with Crippen LogP contribution < -0.4 is 10.6 Å². The lowest BCUT2D eigenvalue weighted by Gasteiger charge is -2.09. The minimum absolute atomic E-state index is 0.365. The molecular weight excluding hydrogens is 282 g/mol. The first-order valence-corrected chi connectivity index (χ1v) is 6.97. The number of hydrogen-bond donors (Lipinski definition) is 2. The molecule has 0 aliphatic carbocycles. The van der Waals surface area contributed by atoms with Crippen molar-refractivity contribution in [2.24, 2.45) is 5.92 Å². The molecule has 2 rings (SSSR count). The van der Waals surface area contributed by atoms with E-state index in [9.17, 15) is 4.79 Å². The van der Waals surface area contributed by atoms with Gasteiger partial charge in [-0.1, -0.05) is 13.8 Å². The molecule has 1 heterocycles. The van der Waals surface area contributed by atoms with Crippen molar-refractivity contribution in [3.63, 3.8) is 0 Å². The van der Waals surface area contributed by atoms with Gasteiger partial charge in [0.2, 0.25) is 5.95 Å². The lowest BCUT2D eigenvalue weighted by atomic mass is 10.2. The molecule has 0 amide bonds. The van der Waals surface area contributed by atoms with Crippen LogP contribution >= 0.6 is 0 Å². The van der Waals surface area contributed by atoms with Crippen LogP contribution in [0.2, 0.25) is 0 Å². The predicted molar refractivity (Wildman–Crippen MR) is 84.2 cm³/mol. The smallest absolute Gasteiger partial charge is 0.337 e. The van der Waals surface area contributed by atoms with E-state index in [1.807, 2.05) is 0 Å². The van der Waals surface area contributed by atoms with Crippen LogP contribution in [0.5, 0.6) is 0 Å². The molecule has 1 aromatic carbocycles. The predicted octanol–water partition coefficient (Wildman–Crippen LogP) is 2.47. The second-order valence-electron chi connectivity index (χ2n) is 5.13. The van der Waals surface area contributed by atoms with Crippen molar-refractivity contribution < 1.29 is 9.53 Å². The summed E-state index contributed by atoms with van der Waals surface area (Å²) in [4.78, 5) is 15.7. The van der Waals surface area contributed by atoms with Crippen molar-refractivity contribution in [2.75, 3.05) is 24.3 Å². The van der Waals surface area contributed by atoms with E-state index >= 15 is 0 Å². The van der Waals surface area contributed by atoms with Gasteiger partial charge in [0, 0.05) is 12.2 Å². The van der Waals surface area contributed by atoms with Crippen molar-refractivity contribution >= 4 is 23.4 Å². The normalized spacial score (nSPS) is 10.4. The van der Waals surface area contributed by atoms with Crippen LogP contribution in [-0.4, -0.2) is 34.8 Å². The SMILES string of the molecule is COC(=O)c1ccc(Nc2cnnc(NCC(C)C)n2)cc1. The lowest BCUT2D eigenvalue weighted by molar-refractivity contribution is 0.0601. The first-order chi connectivity index (χ1) is 10.6. The highest BCUT2D eigenvalue weighted by Gasteiger charge is 2.05. The first kappa shape index (κ1) is 15.7. The molecule has 1 aromatic heterocycles. The quantitative estimate of drug-likeness (QED) is 0.792. The molecule has 0 saturated carbocycles. The van der Waals surface area contributed by atoms with Gasteiger partial charge in [0.05, 0.1) is 18.9 Å². The van der Waals surface area contributed by atoms with Gasteiger partial charge in [-0.3, -0.25) is 0 Å². The molecule has 0 aliphatic heterocycles. The Balaban J connectivity index is 2.04. The van der Waals surface area contributed by atoms with Gasteiger partial charge in [0.25, 0.3) is 0 Å². The summed E-state index contributed by atoms with van der Waals surface area (Å²) >= 11 is 0. The number of esters is 1. The molecule has 0 aliphatic rings. The Morgan fingerprint density at radius 1 is 1.27 bits per heavy atom. The lowest BCUT2D eigenvalue weighted by Crippen LogP contribution is -2.11. The maximum Gasteiger partial charge on any atom is 0.337 e. The van der Waals surface area contributed by atoms with Gasteiger partial charge in [-0.25, -0.2) is 4.79 Å². The number of rotatable bonds is 6. The Morgan fingerprint density at radius 3 is 2.64 bits per heavy atom. The Bertz CT molecular complexity index is 628. The zero-order chi connectivity index (χ0) is 15.9. The second kappa shape index (κ2) is 7.35. The molecule has 0 unspecified atom stereocenters. The largest absolute Gasteiger partial charge is 0.465 e. The Labute approximate surface area is 129 Å². The van der Waals surface area contributed by atoms with Crippen molar-refractivity contribution in [3.05, 3.63) is 36.0 Å². The average Bonchev–Trinajstić information content (AvgIpc) is 2.53. The van der Waals surface area contributed by atoms with E-state index in [2.05, 4.69) is 44.4 Å². The van der Waals surface area contributed by atoms with Crippen LogP contribution in [0.25, 0.3) is 0 Å². The minimum atomic E-state index is -0.365. The average molecular weight is 301 g/mol. The summed E-state index contributed by atoms with van der Waals surface area (Å²) in [5.41, 5.74) is 1.29. The number of hydrogen-bond acceptors (Lipinski definition) is 7. The molecule has 22 heavy (non-hydrogen) atoms. The molecule has 7 heteroatoms. The number of aromatic nitrogens is 3. The highest BCUT2D eigenvalue weighted by atomic mass is 16.5.